The topological polar surface area (TPSA) is 45.8 Å². The van der Waals surface area contributed by atoms with Gasteiger partial charge in [-0.2, -0.15) is 5.26 Å². The minimum Gasteiger partial charge on any atom is -0.311 e. The molecule has 0 aliphatic carbocycles. The minimum atomic E-state index is -0.198. The van der Waals surface area contributed by atoms with Crippen molar-refractivity contribution in [1.29, 1.82) is 5.26 Å². The molecule has 0 saturated heterocycles. The number of nitrogens with zero attached hydrogens (tertiary/aromatic N) is 2. The molecule has 0 amide bonds. The zero-order chi connectivity index (χ0) is 13.7. The van der Waals surface area contributed by atoms with Gasteiger partial charge < -0.3 is 4.57 Å². The van der Waals surface area contributed by atoms with Gasteiger partial charge in [0, 0.05) is 22.9 Å². The molecule has 0 atom stereocenters. The van der Waals surface area contributed by atoms with E-state index in [-0.39, 0.29) is 11.1 Å². The van der Waals surface area contributed by atoms with Crippen LogP contribution in [0.4, 0.5) is 0 Å². The van der Waals surface area contributed by atoms with E-state index in [2.05, 4.69) is 0 Å². The van der Waals surface area contributed by atoms with Gasteiger partial charge in [-0.3, -0.25) is 4.79 Å². The van der Waals surface area contributed by atoms with Crippen LogP contribution in [0, 0.1) is 18.3 Å². The Bertz CT molecular complexity index is 656. The number of benzene rings is 1. The van der Waals surface area contributed by atoms with Gasteiger partial charge in [0.15, 0.2) is 0 Å². The summed E-state index contributed by atoms with van der Waals surface area (Å²) >= 11 is 1.70. The number of hydrogen-bond acceptors (Lipinski definition) is 3. The highest BCUT2D eigenvalue weighted by Crippen LogP contribution is 2.17. The number of rotatable bonds is 4. The molecule has 0 radical (unpaired) electrons. The smallest absolute Gasteiger partial charge is 0.268 e. The van der Waals surface area contributed by atoms with Crippen LogP contribution in [-0.4, -0.2) is 10.3 Å². The largest absolute Gasteiger partial charge is 0.311 e. The SMILES string of the molecule is Cc1ccc(C#N)c(=O)n1CCSc1ccccc1. The molecule has 1 aromatic heterocycles. The molecule has 96 valence electrons. The van der Waals surface area contributed by atoms with Gasteiger partial charge in [-0.1, -0.05) is 18.2 Å². The maximum Gasteiger partial charge on any atom is 0.268 e. The van der Waals surface area contributed by atoms with Crippen molar-refractivity contribution in [2.24, 2.45) is 0 Å². The summed E-state index contributed by atoms with van der Waals surface area (Å²) < 4.78 is 1.66. The van der Waals surface area contributed by atoms with Crippen LogP contribution in [0.15, 0.2) is 52.2 Å². The Kier molecular flexibility index (Phi) is 4.43. The maximum atomic E-state index is 12.0. The second-order valence-electron chi connectivity index (χ2n) is 4.12. The molecule has 0 bridgehead atoms. The summed E-state index contributed by atoms with van der Waals surface area (Å²) in [7, 11) is 0. The fraction of sp³-hybridized carbons (Fsp3) is 0.200. The van der Waals surface area contributed by atoms with Crippen LogP contribution < -0.4 is 5.56 Å². The number of aromatic nitrogens is 1. The van der Waals surface area contributed by atoms with Crippen LogP contribution in [0.5, 0.6) is 0 Å². The van der Waals surface area contributed by atoms with Crippen molar-refractivity contribution in [2.45, 2.75) is 18.4 Å². The molecular formula is C15H14N2OS. The molecule has 0 N–H and O–H groups in total. The van der Waals surface area contributed by atoms with Crippen molar-refractivity contribution >= 4 is 11.8 Å². The maximum absolute atomic E-state index is 12.0. The molecule has 19 heavy (non-hydrogen) atoms. The fourth-order valence-corrected chi connectivity index (χ4v) is 2.66. The van der Waals surface area contributed by atoms with Crippen molar-refractivity contribution < 1.29 is 0 Å². The summed E-state index contributed by atoms with van der Waals surface area (Å²) in [6.45, 7) is 2.50. The van der Waals surface area contributed by atoms with Gasteiger partial charge in [0.2, 0.25) is 0 Å². The quantitative estimate of drug-likeness (QED) is 0.803. The Morgan fingerprint density at radius 2 is 1.95 bits per heavy atom. The molecule has 0 spiro atoms. The number of aryl methyl sites for hydroxylation is 1. The average Bonchev–Trinajstić information content (AvgIpc) is 2.44. The normalized spacial score (nSPS) is 10.1. The van der Waals surface area contributed by atoms with Gasteiger partial charge in [-0.05, 0) is 31.2 Å². The van der Waals surface area contributed by atoms with E-state index in [9.17, 15) is 4.79 Å². The second-order valence-corrected chi connectivity index (χ2v) is 5.29. The van der Waals surface area contributed by atoms with E-state index in [0.717, 1.165) is 11.4 Å². The van der Waals surface area contributed by atoms with E-state index in [1.54, 1.807) is 22.4 Å². The van der Waals surface area contributed by atoms with Crippen molar-refractivity contribution in [3.8, 4) is 6.07 Å². The molecule has 0 unspecified atom stereocenters. The molecule has 2 rings (SSSR count). The number of hydrogen-bond donors (Lipinski definition) is 0. The van der Waals surface area contributed by atoms with Crippen LogP contribution >= 0.6 is 11.8 Å². The monoisotopic (exact) mass is 270 g/mol. The zero-order valence-electron chi connectivity index (χ0n) is 10.7. The average molecular weight is 270 g/mol. The molecule has 0 aliphatic heterocycles. The van der Waals surface area contributed by atoms with Crippen LogP contribution in [0.2, 0.25) is 0 Å². The Balaban J connectivity index is 2.08. The molecule has 0 fully saturated rings. The van der Waals surface area contributed by atoms with Gasteiger partial charge in [-0.25, -0.2) is 0 Å². The van der Waals surface area contributed by atoms with Gasteiger partial charge >= 0.3 is 0 Å². The fourth-order valence-electron chi connectivity index (χ4n) is 1.81. The van der Waals surface area contributed by atoms with Crippen molar-refractivity contribution in [2.75, 3.05) is 5.75 Å². The standard InChI is InChI=1S/C15H14N2OS/c1-12-7-8-13(11-16)15(18)17(12)9-10-19-14-5-3-2-4-6-14/h2-8H,9-10H2,1H3. The summed E-state index contributed by atoms with van der Waals surface area (Å²) in [5, 5.41) is 8.87. The van der Waals surface area contributed by atoms with Crippen LogP contribution in [0.25, 0.3) is 0 Å². The summed E-state index contributed by atoms with van der Waals surface area (Å²) in [5.74, 6) is 0.805. The number of pyridine rings is 1. The molecule has 0 saturated carbocycles. The Morgan fingerprint density at radius 3 is 2.63 bits per heavy atom. The lowest BCUT2D eigenvalue weighted by Gasteiger charge is -2.09. The Labute approximate surface area is 116 Å². The third-order valence-corrected chi connectivity index (χ3v) is 3.83. The number of nitriles is 1. The van der Waals surface area contributed by atoms with E-state index in [0.29, 0.717) is 6.54 Å². The first-order chi connectivity index (χ1) is 9.22. The summed E-state index contributed by atoms with van der Waals surface area (Å²) in [5.41, 5.74) is 0.893. The Hall–Kier alpha value is -1.99. The molecule has 1 heterocycles. The molecule has 2 aromatic rings. The molecule has 4 heteroatoms. The van der Waals surface area contributed by atoms with Crippen molar-refractivity contribution in [1.82, 2.24) is 4.57 Å². The summed E-state index contributed by atoms with van der Waals surface area (Å²) in [6, 6.07) is 15.4. The molecular weight excluding hydrogens is 256 g/mol. The van der Waals surface area contributed by atoms with Crippen molar-refractivity contribution in [3.63, 3.8) is 0 Å². The van der Waals surface area contributed by atoms with E-state index >= 15 is 0 Å². The molecule has 3 nitrogen and oxygen atoms in total. The summed E-state index contributed by atoms with van der Waals surface area (Å²) in [6.07, 6.45) is 0. The lowest BCUT2D eigenvalue weighted by molar-refractivity contribution is 0.705. The third kappa shape index (κ3) is 3.27. The highest BCUT2D eigenvalue weighted by atomic mass is 32.2. The predicted octanol–water partition coefficient (Wildman–Crippen LogP) is 2.82. The van der Waals surface area contributed by atoms with Gasteiger partial charge in [-0.15, -0.1) is 11.8 Å². The van der Waals surface area contributed by atoms with E-state index in [4.69, 9.17) is 5.26 Å². The Morgan fingerprint density at radius 1 is 1.21 bits per heavy atom. The third-order valence-electron chi connectivity index (χ3n) is 2.84. The van der Waals surface area contributed by atoms with Gasteiger partial charge in [0.05, 0.1) is 0 Å². The van der Waals surface area contributed by atoms with E-state index in [1.807, 2.05) is 49.4 Å². The van der Waals surface area contributed by atoms with Gasteiger partial charge in [0.1, 0.15) is 11.6 Å². The zero-order valence-corrected chi connectivity index (χ0v) is 11.5. The lowest BCUT2D eigenvalue weighted by Crippen LogP contribution is -2.25. The predicted molar refractivity (Wildman–Crippen MR) is 77.3 cm³/mol. The first-order valence-electron chi connectivity index (χ1n) is 6.01. The highest BCUT2D eigenvalue weighted by Gasteiger charge is 2.05. The van der Waals surface area contributed by atoms with E-state index in [1.165, 1.54) is 4.90 Å². The van der Waals surface area contributed by atoms with Crippen LogP contribution in [0.1, 0.15) is 11.3 Å². The summed E-state index contributed by atoms with van der Waals surface area (Å²) in [4.78, 5) is 13.2. The molecule has 1 aromatic carbocycles. The number of thioether (sulfide) groups is 1. The van der Waals surface area contributed by atoms with Gasteiger partial charge in [0.25, 0.3) is 5.56 Å². The molecule has 0 aliphatic rings. The second kappa shape index (κ2) is 6.26. The lowest BCUT2D eigenvalue weighted by atomic mass is 10.2. The highest BCUT2D eigenvalue weighted by molar-refractivity contribution is 7.99. The van der Waals surface area contributed by atoms with Crippen LogP contribution in [0.3, 0.4) is 0 Å². The van der Waals surface area contributed by atoms with Crippen molar-refractivity contribution in [3.05, 3.63) is 64.1 Å². The van der Waals surface area contributed by atoms with Crippen LogP contribution in [-0.2, 0) is 6.54 Å². The first kappa shape index (κ1) is 13.4. The van der Waals surface area contributed by atoms with E-state index < -0.39 is 0 Å². The first-order valence-corrected chi connectivity index (χ1v) is 6.99. The minimum absolute atomic E-state index is 0.198.